The molecule has 3 aromatic rings. The van der Waals surface area contributed by atoms with Gasteiger partial charge in [0.15, 0.2) is 11.5 Å². The number of ether oxygens (including phenoxy) is 2. The van der Waals surface area contributed by atoms with E-state index in [0.29, 0.717) is 41.1 Å². The van der Waals surface area contributed by atoms with Crippen molar-refractivity contribution in [2.45, 2.75) is 6.92 Å². The third-order valence-corrected chi connectivity index (χ3v) is 4.75. The van der Waals surface area contributed by atoms with Crippen LogP contribution in [-0.2, 0) is 0 Å². The second kappa shape index (κ2) is 7.78. The maximum absolute atomic E-state index is 12.5. The number of nitrogens with zero attached hydrogens (tertiary/aromatic N) is 1. The lowest BCUT2D eigenvalue weighted by Crippen LogP contribution is -2.17. The summed E-state index contributed by atoms with van der Waals surface area (Å²) in [5.41, 5.74) is 3.53. The minimum atomic E-state index is -0.304. The molecule has 1 aliphatic rings. The summed E-state index contributed by atoms with van der Waals surface area (Å²) in [6, 6.07) is 14.4. The summed E-state index contributed by atoms with van der Waals surface area (Å²) in [6.07, 6.45) is 1.61. The van der Waals surface area contributed by atoms with Gasteiger partial charge in [-0.15, -0.1) is 0 Å². The predicted octanol–water partition coefficient (Wildman–Crippen LogP) is 4.81. The molecule has 0 aliphatic carbocycles. The van der Waals surface area contributed by atoms with Gasteiger partial charge in [0.2, 0.25) is 0 Å². The topological polar surface area (TPSA) is 72.5 Å². The first-order valence-electron chi connectivity index (χ1n) is 8.79. The highest BCUT2D eigenvalue weighted by molar-refractivity contribution is 6.31. The van der Waals surface area contributed by atoms with Crippen molar-refractivity contribution in [1.82, 2.24) is 4.98 Å². The molecule has 0 radical (unpaired) electrons. The van der Waals surface area contributed by atoms with Crippen LogP contribution in [-0.4, -0.2) is 24.1 Å². The van der Waals surface area contributed by atoms with Gasteiger partial charge >= 0.3 is 0 Å². The molecule has 0 spiro atoms. The van der Waals surface area contributed by atoms with E-state index in [1.165, 1.54) is 0 Å². The first-order valence-corrected chi connectivity index (χ1v) is 9.17. The number of carbonyl (C=O) groups is 1. The van der Waals surface area contributed by atoms with Crippen LogP contribution in [0.15, 0.2) is 54.7 Å². The Morgan fingerprint density at radius 2 is 1.82 bits per heavy atom. The fourth-order valence-corrected chi connectivity index (χ4v) is 2.99. The second-order valence-corrected chi connectivity index (χ2v) is 6.69. The van der Waals surface area contributed by atoms with Crippen LogP contribution in [0.4, 0.5) is 17.1 Å². The van der Waals surface area contributed by atoms with Gasteiger partial charge in [0.25, 0.3) is 5.91 Å². The smallest absolute Gasteiger partial charge is 0.274 e. The molecule has 4 rings (SSSR count). The number of hydrogen-bond acceptors (Lipinski definition) is 5. The van der Waals surface area contributed by atoms with E-state index in [4.69, 9.17) is 21.1 Å². The van der Waals surface area contributed by atoms with Gasteiger partial charge in [-0.2, -0.15) is 0 Å². The molecule has 0 saturated heterocycles. The summed E-state index contributed by atoms with van der Waals surface area (Å²) in [5.74, 6) is 0.990. The van der Waals surface area contributed by atoms with Crippen molar-refractivity contribution < 1.29 is 14.3 Å². The number of pyridine rings is 1. The Morgan fingerprint density at radius 1 is 1.04 bits per heavy atom. The molecule has 1 aliphatic heterocycles. The van der Waals surface area contributed by atoms with Gasteiger partial charge in [0.1, 0.15) is 18.9 Å². The molecule has 2 N–H and O–H groups in total. The van der Waals surface area contributed by atoms with Gasteiger partial charge in [-0.1, -0.05) is 17.7 Å². The van der Waals surface area contributed by atoms with Crippen LogP contribution in [0, 0.1) is 6.92 Å². The Hall–Kier alpha value is -3.25. The molecule has 2 aromatic carbocycles. The highest BCUT2D eigenvalue weighted by atomic mass is 35.5. The van der Waals surface area contributed by atoms with Crippen LogP contribution in [0.3, 0.4) is 0 Å². The number of carbonyl (C=O) groups excluding carboxylic acids is 1. The zero-order chi connectivity index (χ0) is 19.5. The number of amides is 1. The number of fused-ring (bicyclic) bond motifs is 1. The Balaban J connectivity index is 1.45. The number of aromatic nitrogens is 1. The monoisotopic (exact) mass is 395 g/mol. The Bertz CT molecular complexity index is 1020. The lowest BCUT2D eigenvalue weighted by Gasteiger charge is -2.19. The Labute approximate surface area is 167 Å². The van der Waals surface area contributed by atoms with Crippen LogP contribution in [0.1, 0.15) is 16.1 Å². The largest absolute Gasteiger partial charge is 0.486 e. The molecule has 28 heavy (non-hydrogen) atoms. The van der Waals surface area contributed by atoms with Crippen molar-refractivity contribution in [2.24, 2.45) is 0 Å². The number of halogens is 1. The Morgan fingerprint density at radius 3 is 2.61 bits per heavy atom. The number of benzene rings is 2. The van der Waals surface area contributed by atoms with Crippen molar-refractivity contribution in [3.05, 3.63) is 71.0 Å². The fourth-order valence-electron chi connectivity index (χ4n) is 2.82. The highest BCUT2D eigenvalue weighted by Gasteiger charge is 2.14. The summed E-state index contributed by atoms with van der Waals surface area (Å²) in [6.45, 7) is 2.96. The van der Waals surface area contributed by atoms with Crippen LogP contribution >= 0.6 is 11.6 Å². The average Bonchev–Trinajstić information content (AvgIpc) is 2.72. The summed E-state index contributed by atoms with van der Waals surface area (Å²) >= 11 is 6.14. The molecular formula is C21H18ClN3O3. The zero-order valence-electron chi connectivity index (χ0n) is 15.2. The van der Waals surface area contributed by atoms with Gasteiger partial charge in [0.05, 0.1) is 11.9 Å². The molecule has 1 aromatic heterocycles. The minimum absolute atomic E-state index is 0.304. The Kier molecular flexibility index (Phi) is 5.04. The van der Waals surface area contributed by atoms with E-state index in [0.717, 1.165) is 16.9 Å². The van der Waals surface area contributed by atoms with E-state index >= 15 is 0 Å². The molecule has 1 amide bonds. The number of nitrogens with one attached hydrogen (secondary N) is 2. The summed E-state index contributed by atoms with van der Waals surface area (Å²) < 4.78 is 11.0. The van der Waals surface area contributed by atoms with Crippen molar-refractivity contribution in [2.75, 3.05) is 23.8 Å². The van der Waals surface area contributed by atoms with Crippen LogP contribution in [0.5, 0.6) is 11.5 Å². The fraction of sp³-hybridized carbons (Fsp3) is 0.143. The van der Waals surface area contributed by atoms with Gasteiger partial charge in [-0.05, 0) is 48.9 Å². The van der Waals surface area contributed by atoms with Gasteiger partial charge < -0.3 is 20.1 Å². The van der Waals surface area contributed by atoms with Crippen LogP contribution < -0.4 is 20.1 Å². The zero-order valence-corrected chi connectivity index (χ0v) is 15.9. The van der Waals surface area contributed by atoms with Crippen LogP contribution in [0.25, 0.3) is 0 Å². The molecule has 0 fully saturated rings. The van der Waals surface area contributed by atoms with Crippen molar-refractivity contribution >= 4 is 34.6 Å². The van der Waals surface area contributed by atoms with E-state index in [2.05, 4.69) is 15.6 Å². The number of rotatable bonds is 4. The molecule has 7 heteroatoms. The van der Waals surface area contributed by atoms with E-state index in [9.17, 15) is 4.79 Å². The molecule has 6 nitrogen and oxygen atoms in total. The third-order valence-electron chi connectivity index (χ3n) is 4.34. The normalized spacial score (nSPS) is 12.4. The molecule has 2 heterocycles. The lowest BCUT2D eigenvalue weighted by atomic mass is 10.2. The van der Waals surface area contributed by atoms with Crippen molar-refractivity contribution in [1.29, 1.82) is 0 Å². The maximum atomic E-state index is 12.5. The van der Waals surface area contributed by atoms with Gasteiger partial charge in [-0.3, -0.25) is 4.79 Å². The second-order valence-electron chi connectivity index (χ2n) is 6.28. The van der Waals surface area contributed by atoms with Gasteiger partial charge in [0, 0.05) is 22.5 Å². The lowest BCUT2D eigenvalue weighted by molar-refractivity contribution is 0.102. The van der Waals surface area contributed by atoms with Crippen molar-refractivity contribution in [3.63, 3.8) is 0 Å². The summed E-state index contributed by atoms with van der Waals surface area (Å²) in [4.78, 5) is 16.7. The SMILES string of the molecule is Cc1c(Cl)cccc1Nc1ccc(C(=O)Nc2ccc3c(c2)OCCO3)nc1. The van der Waals surface area contributed by atoms with E-state index in [-0.39, 0.29) is 5.91 Å². The number of anilines is 3. The maximum Gasteiger partial charge on any atom is 0.274 e. The van der Waals surface area contributed by atoms with E-state index in [1.807, 2.05) is 25.1 Å². The molecule has 0 atom stereocenters. The molecule has 0 bridgehead atoms. The number of hydrogen-bond donors (Lipinski definition) is 2. The summed E-state index contributed by atoms with van der Waals surface area (Å²) in [5, 5.41) is 6.76. The standard InChI is InChI=1S/C21H18ClN3O3/c1-13-16(22)3-2-4-17(13)24-15-5-7-18(23-12-15)21(26)25-14-6-8-19-20(11-14)28-10-9-27-19/h2-8,11-12,24H,9-10H2,1H3,(H,25,26). The molecule has 0 saturated carbocycles. The average molecular weight is 396 g/mol. The van der Waals surface area contributed by atoms with Gasteiger partial charge in [-0.25, -0.2) is 4.98 Å². The first-order chi connectivity index (χ1) is 13.6. The first kappa shape index (κ1) is 18.1. The molecule has 142 valence electrons. The quantitative estimate of drug-likeness (QED) is 0.663. The molecule has 0 unspecified atom stereocenters. The minimum Gasteiger partial charge on any atom is -0.486 e. The molecular weight excluding hydrogens is 378 g/mol. The van der Waals surface area contributed by atoms with E-state index < -0.39 is 0 Å². The highest BCUT2D eigenvalue weighted by Crippen LogP contribution is 2.32. The van der Waals surface area contributed by atoms with Crippen LogP contribution in [0.2, 0.25) is 5.02 Å². The predicted molar refractivity (Wildman–Crippen MR) is 109 cm³/mol. The van der Waals surface area contributed by atoms with E-state index in [1.54, 1.807) is 36.5 Å². The van der Waals surface area contributed by atoms with Crippen molar-refractivity contribution in [3.8, 4) is 11.5 Å². The third kappa shape index (κ3) is 3.87. The summed E-state index contributed by atoms with van der Waals surface area (Å²) in [7, 11) is 0.